The molecule has 6 heteroatoms. The number of aromatic nitrogens is 2. The van der Waals surface area contributed by atoms with Crippen LogP contribution in [0.2, 0.25) is 0 Å². The molecule has 0 spiro atoms. The largest absolute Gasteiger partial charge is 0.465 e. The zero-order valence-corrected chi connectivity index (χ0v) is 9.26. The minimum atomic E-state index is -0.728. The minimum Gasteiger partial charge on any atom is -0.465 e. The van der Waals surface area contributed by atoms with Gasteiger partial charge in [-0.25, -0.2) is 9.18 Å². The molecule has 1 aromatic heterocycles. The number of rotatable bonds is 1. The van der Waals surface area contributed by atoms with Crippen molar-refractivity contribution in [3.05, 3.63) is 28.1 Å². The number of aromatic amines is 1. The second kappa shape index (κ2) is 3.62. The molecule has 78 valence electrons. The van der Waals surface area contributed by atoms with E-state index in [1.54, 1.807) is 0 Å². The van der Waals surface area contributed by atoms with Crippen molar-refractivity contribution in [3.63, 3.8) is 0 Å². The summed E-state index contributed by atoms with van der Waals surface area (Å²) in [6.07, 6.45) is 1.51. The Kier molecular flexibility index (Phi) is 2.44. The van der Waals surface area contributed by atoms with Gasteiger partial charge >= 0.3 is 5.97 Å². The van der Waals surface area contributed by atoms with Gasteiger partial charge in [-0.15, -0.1) is 0 Å². The molecular formula is C9H6BrFN2O2. The van der Waals surface area contributed by atoms with Crippen molar-refractivity contribution < 1.29 is 13.9 Å². The molecule has 0 amide bonds. The number of hydrogen-bond acceptors (Lipinski definition) is 3. The Bertz CT molecular complexity index is 538. The molecule has 0 bridgehead atoms. The van der Waals surface area contributed by atoms with Crippen LogP contribution in [-0.2, 0) is 4.74 Å². The number of nitrogens with zero attached hydrogens (tertiary/aromatic N) is 1. The molecule has 0 saturated carbocycles. The Morgan fingerprint density at radius 3 is 3.07 bits per heavy atom. The van der Waals surface area contributed by atoms with Gasteiger partial charge in [-0.3, -0.25) is 5.10 Å². The average Bonchev–Trinajstić information content (AvgIpc) is 2.66. The third-order valence-electron chi connectivity index (χ3n) is 2.03. The molecule has 0 radical (unpaired) electrons. The van der Waals surface area contributed by atoms with Crippen LogP contribution in [-0.4, -0.2) is 23.3 Å². The van der Waals surface area contributed by atoms with Gasteiger partial charge < -0.3 is 4.74 Å². The molecule has 15 heavy (non-hydrogen) atoms. The van der Waals surface area contributed by atoms with E-state index >= 15 is 0 Å². The number of fused-ring (bicyclic) bond motifs is 1. The molecule has 1 aromatic carbocycles. The summed E-state index contributed by atoms with van der Waals surface area (Å²) in [7, 11) is 1.20. The second-order valence-corrected chi connectivity index (χ2v) is 3.72. The molecule has 1 heterocycles. The van der Waals surface area contributed by atoms with Crippen LogP contribution in [0.4, 0.5) is 4.39 Å². The molecule has 1 N–H and O–H groups in total. The van der Waals surface area contributed by atoms with E-state index in [1.165, 1.54) is 19.4 Å². The van der Waals surface area contributed by atoms with Crippen LogP contribution in [0.5, 0.6) is 0 Å². The number of ether oxygens (including phenoxy) is 1. The number of H-pyrrole nitrogens is 1. The molecule has 2 rings (SSSR count). The molecule has 0 saturated heterocycles. The van der Waals surface area contributed by atoms with Gasteiger partial charge in [0.15, 0.2) is 0 Å². The van der Waals surface area contributed by atoms with Gasteiger partial charge in [0.2, 0.25) is 0 Å². The van der Waals surface area contributed by atoms with Gasteiger partial charge in [0.1, 0.15) is 11.4 Å². The van der Waals surface area contributed by atoms with E-state index in [0.717, 1.165) is 0 Å². The van der Waals surface area contributed by atoms with E-state index in [4.69, 9.17) is 0 Å². The van der Waals surface area contributed by atoms with Gasteiger partial charge in [-0.05, 0) is 22.0 Å². The number of carbonyl (C=O) groups excluding carboxylic acids is 1. The van der Waals surface area contributed by atoms with Crippen LogP contribution in [0.25, 0.3) is 10.9 Å². The summed E-state index contributed by atoms with van der Waals surface area (Å²) in [5, 5.41) is 6.95. The predicted octanol–water partition coefficient (Wildman–Crippen LogP) is 2.25. The first-order valence-corrected chi connectivity index (χ1v) is 4.84. The number of halogens is 2. The molecular weight excluding hydrogens is 267 g/mol. The van der Waals surface area contributed by atoms with Crippen LogP contribution < -0.4 is 0 Å². The summed E-state index contributed by atoms with van der Waals surface area (Å²) >= 11 is 3.18. The first-order chi connectivity index (χ1) is 7.15. The number of nitrogens with one attached hydrogen (secondary N) is 1. The number of carbonyl (C=O) groups is 1. The molecule has 0 aliphatic heterocycles. The second-order valence-electron chi connectivity index (χ2n) is 2.87. The van der Waals surface area contributed by atoms with Gasteiger partial charge in [-0.2, -0.15) is 5.10 Å². The Labute approximate surface area is 92.5 Å². The van der Waals surface area contributed by atoms with Gasteiger partial charge in [-0.1, -0.05) is 0 Å². The van der Waals surface area contributed by atoms with Crippen molar-refractivity contribution in [1.82, 2.24) is 10.2 Å². The quantitative estimate of drug-likeness (QED) is 0.811. The normalized spacial score (nSPS) is 10.6. The molecule has 0 aliphatic carbocycles. The Balaban J connectivity index is 2.82. The lowest BCUT2D eigenvalue weighted by molar-refractivity contribution is 0.0597. The zero-order chi connectivity index (χ0) is 11.0. The zero-order valence-electron chi connectivity index (χ0n) is 7.67. The summed E-state index contributed by atoms with van der Waals surface area (Å²) in [4.78, 5) is 11.3. The van der Waals surface area contributed by atoms with Gasteiger partial charge in [0, 0.05) is 9.86 Å². The SMILES string of the molecule is COC(=O)c1c(F)cc(Br)c2cn[nH]c12. The fourth-order valence-electron chi connectivity index (χ4n) is 1.34. The lowest BCUT2D eigenvalue weighted by Gasteiger charge is -2.03. The van der Waals surface area contributed by atoms with E-state index in [2.05, 4.69) is 30.9 Å². The monoisotopic (exact) mass is 272 g/mol. The smallest absolute Gasteiger partial charge is 0.343 e. The summed E-state index contributed by atoms with van der Waals surface area (Å²) in [5.74, 6) is -1.38. The summed E-state index contributed by atoms with van der Waals surface area (Å²) in [6, 6.07) is 1.21. The Morgan fingerprint density at radius 2 is 2.40 bits per heavy atom. The van der Waals surface area contributed by atoms with Crippen molar-refractivity contribution >= 4 is 32.8 Å². The summed E-state index contributed by atoms with van der Waals surface area (Å²) < 4.78 is 18.5. The third kappa shape index (κ3) is 1.50. The fourth-order valence-corrected chi connectivity index (χ4v) is 1.84. The highest BCUT2D eigenvalue weighted by Crippen LogP contribution is 2.27. The van der Waals surface area contributed by atoms with Crippen LogP contribution in [0.3, 0.4) is 0 Å². The number of esters is 1. The maximum Gasteiger partial charge on any atom is 0.343 e. The van der Waals surface area contributed by atoms with Crippen LogP contribution in [0, 0.1) is 5.82 Å². The van der Waals surface area contributed by atoms with Crippen molar-refractivity contribution in [2.24, 2.45) is 0 Å². The van der Waals surface area contributed by atoms with Gasteiger partial charge in [0.25, 0.3) is 0 Å². The first-order valence-electron chi connectivity index (χ1n) is 4.04. The number of hydrogen-bond donors (Lipinski definition) is 1. The molecule has 2 aromatic rings. The molecule has 0 atom stereocenters. The highest BCUT2D eigenvalue weighted by atomic mass is 79.9. The predicted molar refractivity (Wildman–Crippen MR) is 55.1 cm³/mol. The van der Waals surface area contributed by atoms with Crippen molar-refractivity contribution in [2.75, 3.05) is 7.11 Å². The number of benzene rings is 1. The maximum absolute atomic E-state index is 13.5. The average molecular weight is 273 g/mol. The highest BCUT2D eigenvalue weighted by Gasteiger charge is 2.19. The Hall–Kier alpha value is -1.43. The van der Waals surface area contributed by atoms with E-state index in [9.17, 15) is 9.18 Å². The molecule has 0 fully saturated rings. The lowest BCUT2D eigenvalue weighted by Crippen LogP contribution is -2.05. The summed E-state index contributed by atoms with van der Waals surface area (Å²) in [5.41, 5.74) is 0.196. The minimum absolute atomic E-state index is 0.131. The van der Waals surface area contributed by atoms with Crippen molar-refractivity contribution in [3.8, 4) is 0 Å². The summed E-state index contributed by atoms with van der Waals surface area (Å²) in [6.45, 7) is 0. The topological polar surface area (TPSA) is 55.0 Å². The maximum atomic E-state index is 13.5. The highest BCUT2D eigenvalue weighted by molar-refractivity contribution is 9.10. The van der Waals surface area contributed by atoms with Crippen molar-refractivity contribution in [1.29, 1.82) is 0 Å². The fraction of sp³-hybridized carbons (Fsp3) is 0.111. The third-order valence-corrected chi connectivity index (χ3v) is 2.68. The standard InChI is InChI=1S/C9H6BrFN2O2/c1-15-9(14)7-6(11)2-5(10)4-3-12-13-8(4)7/h2-3H,1H3,(H,12,13). The first kappa shape index (κ1) is 10.1. The lowest BCUT2D eigenvalue weighted by atomic mass is 10.1. The number of methoxy groups -OCH3 is 1. The van der Waals surface area contributed by atoms with Crippen molar-refractivity contribution in [2.45, 2.75) is 0 Å². The molecule has 0 aliphatic rings. The molecule has 4 nitrogen and oxygen atoms in total. The van der Waals surface area contributed by atoms with Crippen LogP contribution in [0.1, 0.15) is 10.4 Å². The Morgan fingerprint density at radius 1 is 1.67 bits per heavy atom. The van der Waals surface area contributed by atoms with Crippen LogP contribution >= 0.6 is 15.9 Å². The van der Waals surface area contributed by atoms with Gasteiger partial charge in [0.05, 0.1) is 18.8 Å². The van der Waals surface area contributed by atoms with E-state index in [0.29, 0.717) is 15.4 Å². The van der Waals surface area contributed by atoms with E-state index < -0.39 is 11.8 Å². The molecule has 0 unspecified atom stereocenters. The van der Waals surface area contributed by atoms with E-state index in [1.807, 2.05) is 0 Å². The van der Waals surface area contributed by atoms with E-state index in [-0.39, 0.29) is 5.56 Å². The van der Waals surface area contributed by atoms with Crippen LogP contribution in [0.15, 0.2) is 16.7 Å².